The SMILES string of the molecule is NC(=O)CCn1cnc(C(=O)Nc2ccccc2)c1. The Morgan fingerprint density at radius 3 is 2.68 bits per heavy atom. The molecule has 0 radical (unpaired) electrons. The lowest BCUT2D eigenvalue weighted by atomic mass is 10.3. The highest BCUT2D eigenvalue weighted by molar-refractivity contribution is 6.02. The zero-order valence-corrected chi connectivity index (χ0v) is 10.2. The van der Waals surface area contributed by atoms with Crippen molar-refractivity contribution in [2.75, 3.05) is 5.32 Å². The first-order valence-corrected chi connectivity index (χ1v) is 5.81. The van der Waals surface area contributed by atoms with E-state index < -0.39 is 0 Å². The number of para-hydroxylation sites is 1. The number of carbonyl (C=O) groups is 2. The van der Waals surface area contributed by atoms with Gasteiger partial charge in [-0.2, -0.15) is 0 Å². The molecule has 0 atom stereocenters. The van der Waals surface area contributed by atoms with Crippen molar-refractivity contribution in [1.29, 1.82) is 0 Å². The Bertz CT molecular complexity index is 577. The Morgan fingerprint density at radius 1 is 1.26 bits per heavy atom. The van der Waals surface area contributed by atoms with E-state index in [0.717, 1.165) is 0 Å². The average Bonchev–Trinajstić information content (AvgIpc) is 2.86. The quantitative estimate of drug-likeness (QED) is 0.838. The Hall–Kier alpha value is -2.63. The molecule has 0 fully saturated rings. The van der Waals surface area contributed by atoms with Gasteiger partial charge in [0.25, 0.3) is 5.91 Å². The van der Waals surface area contributed by atoms with Crippen LogP contribution in [0.2, 0.25) is 0 Å². The van der Waals surface area contributed by atoms with Gasteiger partial charge in [-0.1, -0.05) is 18.2 Å². The monoisotopic (exact) mass is 258 g/mol. The van der Waals surface area contributed by atoms with Gasteiger partial charge in [0.05, 0.1) is 6.33 Å². The van der Waals surface area contributed by atoms with Crippen LogP contribution in [0.1, 0.15) is 16.9 Å². The molecule has 0 saturated carbocycles. The van der Waals surface area contributed by atoms with Crippen LogP contribution >= 0.6 is 0 Å². The van der Waals surface area contributed by atoms with E-state index in [-0.39, 0.29) is 18.2 Å². The Kier molecular flexibility index (Phi) is 3.92. The maximum Gasteiger partial charge on any atom is 0.275 e. The van der Waals surface area contributed by atoms with Gasteiger partial charge in [-0.05, 0) is 12.1 Å². The predicted octanol–water partition coefficient (Wildman–Crippen LogP) is 1.01. The molecule has 6 heteroatoms. The number of aromatic nitrogens is 2. The minimum absolute atomic E-state index is 0.218. The molecule has 98 valence electrons. The first kappa shape index (κ1) is 12.8. The molecule has 3 N–H and O–H groups in total. The van der Waals surface area contributed by atoms with Crippen molar-refractivity contribution >= 4 is 17.5 Å². The number of aryl methyl sites for hydroxylation is 1. The third kappa shape index (κ3) is 3.67. The van der Waals surface area contributed by atoms with Gasteiger partial charge in [-0.25, -0.2) is 4.98 Å². The van der Waals surface area contributed by atoms with Crippen LogP contribution < -0.4 is 11.1 Å². The Labute approximate surface area is 110 Å². The van der Waals surface area contributed by atoms with Crippen molar-refractivity contribution in [3.63, 3.8) is 0 Å². The van der Waals surface area contributed by atoms with E-state index in [1.54, 1.807) is 22.9 Å². The van der Waals surface area contributed by atoms with Gasteiger partial charge in [0.2, 0.25) is 5.91 Å². The molecule has 0 saturated heterocycles. The number of amides is 2. The molecular weight excluding hydrogens is 244 g/mol. The summed E-state index contributed by atoms with van der Waals surface area (Å²) in [6.45, 7) is 0.418. The molecule has 2 aromatic rings. The lowest BCUT2D eigenvalue weighted by Crippen LogP contribution is -2.14. The van der Waals surface area contributed by atoms with Gasteiger partial charge in [-0.15, -0.1) is 0 Å². The normalized spacial score (nSPS) is 10.1. The molecule has 0 aliphatic heterocycles. The predicted molar refractivity (Wildman–Crippen MR) is 70.4 cm³/mol. The number of carbonyl (C=O) groups excluding carboxylic acids is 2. The van der Waals surface area contributed by atoms with Crippen molar-refractivity contribution in [1.82, 2.24) is 9.55 Å². The van der Waals surface area contributed by atoms with Gasteiger partial charge >= 0.3 is 0 Å². The maximum atomic E-state index is 11.9. The minimum Gasteiger partial charge on any atom is -0.370 e. The zero-order valence-electron chi connectivity index (χ0n) is 10.2. The molecule has 6 nitrogen and oxygen atoms in total. The molecule has 19 heavy (non-hydrogen) atoms. The smallest absolute Gasteiger partial charge is 0.275 e. The van der Waals surface area contributed by atoms with Gasteiger partial charge < -0.3 is 15.6 Å². The van der Waals surface area contributed by atoms with E-state index >= 15 is 0 Å². The van der Waals surface area contributed by atoms with Crippen LogP contribution in [0.5, 0.6) is 0 Å². The van der Waals surface area contributed by atoms with Crippen LogP contribution in [0.4, 0.5) is 5.69 Å². The molecule has 0 bridgehead atoms. The molecule has 0 aliphatic carbocycles. The summed E-state index contributed by atoms with van der Waals surface area (Å²) in [7, 11) is 0. The van der Waals surface area contributed by atoms with Crippen molar-refractivity contribution < 1.29 is 9.59 Å². The van der Waals surface area contributed by atoms with Crippen molar-refractivity contribution in [3.8, 4) is 0 Å². The standard InChI is InChI=1S/C13H14N4O2/c14-12(18)6-7-17-8-11(15-9-17)13(19)16-10-4-2-1-3-5-10/h1-5,8-9H,6-7H2,(H2,14,18)(H,16,19). The lowest BCUT2D eigenvalue weighted by Gasteiger charge is -2.02. The van der Waals surface area contributed by atoms with E-state index in [0.29, 0.717) is 17.9 Å². The molecular formula is C13H14N4O2. The van der Waals surface area contributed by atoms with Crippen LogP contribution in [-0.4, -0.2) is 21.4 Å². The number of rotatable bonds is 5. The summed E-state index contributed by atoms with van der Waals surface area (Å²) in [4.78, 5) is 26.5. The second kappa shape index (κ2) is 5.81. The summed E-state index contributed by atoms with van der Waals surface area (Å²) in [5, 5.41) is 2.73. The molecule has 1 aromatic heterocycles. The number of imidazole rings is 1. The first-order valence-electron chi connectivity index (χ1n) is 5.81. The number of anilines is 1. The third-order valence-corrected chi connectivity index (χ3v) is 2.51. The molecule has 0 spiro atoms. The van der Waals surface area contributed by atoms with Crippen molar-refractivity contribution in [2.45, 2.75) is 13.0 Å². The number of nitrogens with two attached hydrogens (primary N) is 1. The van der Waals surface area contributed by atoms with Crippen LogP contribution in [0, 0.1) is 0 Å². The highest BCUT2D eigenvalue weighted by Gasteiger charge is 2.09. The summed E-state index contributed by atoms with van der Waals surface area (Å²) in [6.07, 6.45) is 3.31. The summed E-state index contributed by atoms with van der Waals surface area (Å²) >= 11 is 0. The number of benzene rings is 1. The van der Waals surface area contributed by atoms with E-state index in [1.165, 1.54) is 6.33 Å². The fraction of sp³-hybridized carbons (Fsp3) is 0.154. The summed E-state index contributed by atoms with van der Waals surface area (Å²) in [6, 6.07) is 9.13. The van der Waals surface area contributed by atoms with Gasteiger partial charge in [0.1, 0.15) is 5.69 Å². The topological polar surface area (TPSA) is 90.0 Å². The third-order valence-electron chi connectivity index (χ3n) is 2.51. The number of nitrogens with zero attached hydrogens (tertiary/aromatic N) is 2. The van der Waals surface area contributed by atoms with E-state index in [9.17, 15) is 9.59 Å². The largest absolute Gasteiger partial charge is 0.370 e. The fourth-order valence-electron chi connectivity index (χ4n) is 1.56. The molecule has 1 aromatic carbocycles. The zero-order chi connectivity index (χ0) is 13.7. The van der Waals surface area contributed by atoms with Crippen molar-refractivity contribution in [3.05, 3.63) is 48.5 Å². The van der Waals surface area contributed by atoms with Gasteiger partial charge in [-0.3, -0.25) is 9.59 Å². The molecule has 0 aliphatic rings. The van der Waals surface area contributed by atoms with E-state index in [4.69, 9.17) is 5.73 Å². The Balaban J connectivity index is 1.98. The maximum absolute atomic E-state index is 11.9. The average molecular weight is 258 g/mol. The highest BCUT2D eigenvalue weighted by Crippen LogP contribution is 2.07. The van der Waals surface area contributed by atoms with Gasteiger partial charge in [0, 0.05) is 24.8 Å². The molecule has 1 heterocycles. The molecule has 2 rings (SSSR count). The van der Waals surface area contributed by atoms with Crippen molar-refractivity contribution in [2.24, 2.45) is 5.73 Å². The van der Waals surface area contributed by atoms with Crippen LogP contribution in [0.3, 0.4) is 0 Å². The van der Waals surface area contributed by atoms with E-state index in [1.807, 2.05) is 18.2 Å². The summed E-state index contributed by atoms with van der Waals surface area (Å²) in [5.74, 6) is -0.673. The second-order valence-electron chi connectivity index (χ2n) is 4.03. The fourth-order valence-corrected chi connectivity index (χ4v) is 1.56. The number of primary amides is 1. The molecule has 2 amide bonds. The van der Waals surface area contributed by atoms with Crippen LogP contribution in [-0.2, 0) is 11.3 Å². The minimum atomic E-state index is -0.385. The lowest BCUT2D eigenvalue weighted by molar-refractivity contribution is -0.118. The van der Waals surface area contributed by atoms with E-state index in [2.05, 4.69) is 10.3 Å². The van der Waals surface area contributed by atoms with Crippen LogP contribution in [0.15, 0.2) is 42.9 Å². The first-order chi connectivity index (χ1) is 9.15. The second-order valence-corrected chi connectivity index (χ2v) is 4.03. The van der Waals surface area contributed by atoms with Gasteiger partial charge in [0.15, 0.2) is 0 Å². The summed E-state index contributed by atoms with van der Waals surface area (Å²) < 4.78 is 1.66. The molecule has 0 unspecified atom stereocenters. The van der Waals surface area contributed by atoms with Crippen LogP contribution in [0.25, 0.3) is 0 Å². The number of nitrogens with one attached hydrogen (secondary N) is 1. The number of hydrogen-bond acceptors (Lipinski definition) is 3. The Morgan fingerprint density at radius 2 is 2.00 bits per heavy atom. The number of hydrogen-bond donors (Lipinski definition) is 2. The highest BCUT2D eigenvalue weighted by atomic mass is 16.2. The summed E-state index contributed by atoms with van der Waals surface area (Å²) in [5.41, 5.74) is 6.06.